The van der Waals surface area contributed by atoms with Crippen LogP contribution in [0, 0.1) is 0 Å². The summed E-state index contributed by atoms with van der Waals surface area (Å²) in [5.41, 5.74) is 6.92. The first-order chi connectivity index (χ1) is 19.3. The zero-order chi connectivity index (χ0) is 30.6. The van der Waals surface area contributed by atoms with Crippen molar-refractivity contribution in [3.05, 3.63) is 82.9 Å². The molecular formula is C28H35N5O7S. The van der Waals surface area contributed by atoms with Gasteiger partial charge in [0.15, 0.2) is 11.2 Å². The molecule has 1 aromatic heterocycles. The van der Waals surface area contributed by atoms with Crippen molar-refractivity contribution in [3.63, 3.8) is 0 Å². The quantitative estimate of drug-likeness (QED) is 0.274. The number of ether oxygens (including phenoxy) is 1. The van der Waals surface area contributed by atoms with Crippen molar-refractivity contribution in [3.8, 4) is 0 Å². The number of rotatable bonds is 9. The van der Waals surface area contributed by atoms with Crippen molar-refractivity contribution < 1.29 is 33.9 Å². The monoisotopic (exact) mass is 585 g/mol. The van der Waals surface area contributed by atoms with Crippen LogP contribution in [0.15, 0.2) is 66.0 Å². The number of carbonyl (C=O) groups excluding carboxylic acids is 3. The zero-order valence-corrected chi connectivity index (χ0v) is 24.3. The molecule has 3 aromatic rings. The van der Waals surface area contributed by atoms with Gasteiger partial charge >= 0.3 is 12.1 Å². The van der Waals surface area contributed by atoms with E-state index < -0.39 is 35.7 Å². The van der Waals surface area contributed by atoms with Crippen molar-refractivity contribution in [2.45, 2.75) is 44.9 Å². The highest BCUT2D eigenvalue weighted by Gasteiger charge is 2.25. The summed E-state index contributed by atoms with van der Waals surface area (Å²) in [6, 6.07) is 16.2. The molecule has 0 unspecified atom stereocenters. The number of carbonyl (C=O) groups is 4. The number of aromatic nitrogens is 1. The Balaban J connectivity index is 0.000000296. The first kappa shape index (κ1) is 32.9. The first-order valence-corrected chi connectivity index (χ1v) is 13.3. The van der Waals surface area contributed by atoms with Gasteiger partial charge in [-0.15, -0.1) is 11.3 Å². The predicted molar refractivity (Wildman–Crippen MR) is 154 cm³/mol. The second-order valence-corrected chi connectivity index (χ2v) is 10.5. The zero-order valence-electron chi connectivity index (χ0n) is 23.5. The molecule has 0 spiro atoms. The number of amides is 3. The van der Waals surface area contributed by atoms with E-state index in [1.54, 1.807) is 56.5 Å². The number of hydroxylamine groups is 2. The molecule has 3 amide bonds. The molecule has 3 rings (SSSR count). The summed E-state index contributed by atoms with van der Waals surface area (Å²) in [5, 5.41) is 17.0. The average molecular weight is 586 g/mol. The number of carboxylic acids is 1. The lowest BCUT2D eigenvalue weighted by molar-refractivity contribution is -0.139. The van der Waals surface area contributed by atoms with Gasteiger partial charge in [-0.05, 0) is 38.3 Å². The molecule has 1 heterocycles. The third-order valence-electron chi connectivity index (χ3n) is 5.19. The molecule has 0 bridgehead atoms. The molecule has 0 aliphatic carbocycles. The second-order valence-electron chi connectivity index (χ2n) is 9.64. The molecule has 0 aliphatic heterocycles. The van der Waals surface area contributed by atoms with Crippen LogP contribution in [0.4, 0.5) is 9.93 Å². The molecular weight excluding hydrogens is 550 g/mol. The number of alkyl carbamates (subject to hydrolysis) is 1. The predicted octanol–water partition coefficient (Wildman–Crippen LogP) is 3.62. The Morgan fingerprint density at radius 1 is 1.05 bits per heavy atom. The summed E-state index contributed by atoms with van der Waals surface area (Å²) in [6.07, 6.45) is -0.324. The summed E-state index contributed by atoms with van der Waals surface area (Å²) in [7, 11) is 2.87. The number of thiazole rings is 1. The fourth-order valence-electron chi connectivity index (χ4n) is 3.19. The second kappa shape index (κ2) is 15.5. The van der Waals surface area contributed by atoms with Gasteiger partial charge in [-0.3, -0.25) is 14.4 Å². The van der Waals surface area contributed by atoms with Gasteiger partial charge in [-0.1, -0.05) is 60.7 Å². The maximum absolute atomic E-state index is 12.1. The molecule has 2 aromatic carbocycles. The molecule has 0 fully saturated rings. The van der Waals surface area contributed by atoms with Crippen LogP contribution >= 0.6 is 11.3 Å². The van der Waals surface area contributed by atoms with Gasteiger partial charge in [0.1, 0.15) is 11.3 Å². The molecule has 0 saturated heterocycles. The van der Waals surface area contributed by atoms with Crippen LogP contribution in [0.2, 0.25) is 0 Å². The van der Waals surface area contributed by atoms with Crippen molar-refractivity contribution in [1.82, 2.24) is 15.4 Å². The van der Waals surface area contributed by atoms with E-state index in [1.807, 2.05) is 30.3 Å². The van der Waals surface area contributed by atoms with Gasteiger partial charge in [-0.2, -0.15) is 0 Å². The highest BCUT2D eigenvalue weighted by molar-refractivity contribution is 7.14. The number of nitrogens with two attached hydrogens (primary N) is 1. The number of aliphatic carboxylic acids is 1. The lowest BCUT2D eigenvalue weighted by Gasteiger charge is -2.22. The van der Waals surface area contributed by atoms with Gasteiger partial charge in [0.25, 0.3) is 5.91 Å². The van der Waals surface area contributed by atoms with Crippen LogP contribution < -0.4 is 16.4 Å². The van der Waals surface area contributed by atoms with E-state index >= 15 is 0 Å². The van der Waals surface area contributed by atoms with Crippen LogP contribution in [0.1, 0.15) is 48.4 Å². The van der Waals surface area contributed by atoms with Gasteiger partial charge in [0.05, 0.1) is 13.2 Å². The standard InChI is InChI=1S/C15H18N4O3S.C13H17NO4/c1-19(22-2)14(21)12-9-23-15(17-12)18-13(20)11(16)8-10-6-4-3-5-7-10;1-13(2,3)18-12(17)14-10(11(15)16)9-7-5-4-6-8-9/h3-7,9,11H,8,16H2,1-2H3,(H,17,18,20);4-8,10H,1-3H3,(H,14,17)(H,15,16)/t11-;10-/m01/s1. The number of hydrogen-bond donors (Lipinski definition) is 4. The minimum absolute atomic E-state index is 0.200. The fourth-order valence-corrected chi connectivity index (χ4v) is 3.88. The lowest BCUT2D eigenvalue weighted by Crippen LogP contribution is -2.38. The van der Waals surface area contributed by atoms with Gasteiger partial charge in [0, 0.05) is 12.4 Å². The van der Waals surface area contributed by atoms with Gasteiger partial charge in [-0.25, -0.2) is 19.6 Å². The van der Waals surface area contributed by atoms with E-state index in [0.29, 0.717) is 17.1 Å². The summed E-state index contributed by atoms with van der Waals surface area (Å²) in [5.74, 6) is -1.87. The SMILES string of the molecule is CC(C)(C)OC(=O)N[C@@H](C(=O)O)c1ccccc1.CON(C)C(=O)c1csc(NC(=O)[C@@H](N)Cc2ccccc2)n1. The van der Waals surface area contributed by atoms with Crippen LogP contribution in [0.3, 0.4) is 0 Å². The summed E-state index contributed by atoms with van der Waals surface area (Å²) in [6.45, 7) is 5.14. The highest BCUT2D eigenvalue weighted by Crippen LogP contribution is 2.17. The average Bonchev–Trinajstić information content (AvgIpc) is 3.39. The van der Waals surface area contributed by atoms with Crippen LogP contribution in [-0.2, 0) is 25.6 Å². The number of carboxylic acid groups (broad SMARTS) is 1. The Morgan fingerprint density at radius 2 is 1.63 bits per heavy atom. The number of nitrogens with zero attached hydrogens (tertiary/aromatic N) is 2. The maximum Gasteiger partial charge on any atom is 0.408 e. The third kappa shape index (κ3) is 11.4. The normalized spacial score (nSPS) is 12.1. The largest absolute Gasteiger partial charge is 0.479 e. The van der Waals surface area contributed by atoms with Crippen LogP contribution in [0.25, 0.3) is 0 Å². The van der Waals surface area contributed by atoms with E-state index in [4.69, 9.17) is 20.4 Å². The van der Waals surface area contributed by atoms with Crippen molar-refractivity contribution in [2.24, 2.45) is 5.73 Å². The Bertz CT molecular complexity index is 1300. The maximum atomic E-state index is 12.1. The van der Waals surface area contributed by atoms with Crippen molar-refractivity contribution in [2.75, 3.05) is 19.5 Å². The molecule has 0 radical (unpaired) electrons. The van der Waals surface area contributed by atoms with Crippen molar-refractivity contribution >= 4 is 40.3 Å². The molecule has 41 heavy (non-hydrogen) atoms. The molecule has 13 heteroatoms. The Kier molecular flexibility index (Phi) is 12.4. The smallest absolute Gasteiger partial charge is 0.408 e. The number of nitrogens with one attached hydrogen (secondary N) is 2. The molecule has 0 saturated carbocycles. The third-order valence-corrected chi connectivity index (χ3v) is 5.95. The molecule has 5 N–H and O–H groups in total. The molecule has 2 atom stereocenters. The van der Waals surface area contributed by atoms with E-state index in [9.17, 15) is 19.2 Å². The number of anilines is 1. The molecule has 0 aliphatic rings. The fraction of sp³-hybridized carbons (Fsp3) is 0.321. The Hall–Kier alpha value is -4.33. The topological polar surface area (TPSA) is 173 Å². The van der Waals surface area contributed by atoms with Gasteiger partial charge in [0.2, 0.25) is 5.91 Å². The highest BCUT2D eigenvalue weighted by atomic mass is 32.1. The van der Waals surface area contributed by atoms with Gasteiger partial charge < -0.3 is 26.2 Å². The summed E-state index contributed by atoms with van der Waals surface area (Å²) >= 11 is 1.16. The number of benzene rings is 2. The molecule has 12 nitrogen and oxygen atoms in total. The Morgan fingerprint density at radius 3 is 2.17 bits per heavy atom. The van der Waals surface area contributed by atoms with E-state index in [-0.39, 0.29) is 11.6 Å². The molecule has 220 valence electrons. The van der Waals surface area contributed by atoms with E-state index in [0.717, 1.165) is 22.0 Å². The number of hydrogen-bond acceptors (Lipinski definition) is 9. The van der Waals surface area contributed by atoms with Crippen molar-refractivity contribution in [1.29, 1.82) is 0 Å². The minimum atomic E-state index is -1.13. The summed E-state index contributed by atoms with van der Waals surface area (Å²) in [4.78, 5) is 55.5. The minimum Gasteiger partial charge on any atom is -0.479 e. The Labute approximate surface area is 242 Å². The summed E-state index contributed by atoms with van der Waals surface area (Å²) < 4.78 is 5.03. The van der Waals surface area contributed by atoms with Crippen LogP contribution in [0.5, 0.6) is 0 Å². The van der Waals surface area contributed by atoms with E-state index in [2.05, 4.69) is 15.6 Å². The first-order valence-electron chi connectivity index (χ1n) is 12.5. The lowest BCUT2D eigenvalue weighted by atomic mass is 10.1. The van der Waals surface area contributed by atoms with Crippen LogP contribution in [-0.4, -0.2) is 64.8 Å². The van der Waals surface area contributed by atoms with E-state index in [1.165, 1.54) is 14.2 Å².